The van der Waals surface area contributed by atoms with Crippen molar-refractivity contribution in [1.29, 1.82) is 0 Å². The molecular weight excluding hydrogens is 560 g/mol. The molecule has 214 valence electrons. The third-order valence-electron chi connectivity index (χ3n) is 6.70. The topological polar surface area (TPSA) is 92.3 Å². The smallest absolute Gasteiger partial charge is 0.260 e. The summed E-state index contributed by atoms with van der Waals surface area (Å²) >= 11 is 1.40. The fraction of sp³-hybridized carbons (Fsp3) is 0.481. The molecule has 1 fully saturated rings. The lowest BCUT2D eigenvalue weighted by Gasteiger charge is -2.30. The summed E-state index contributed by atoms with van der Waals surface area (Å²) in [5.74, 6) is 1.28. The van der Waals surface area contributed by atoms with Crippen LogP contribution in [0.3, 0.4) is 0 Å². The van der Waals surface area contributed by atoms with Crippen LogP contribution in [0.15, 0.2) is 41.3 Å². The van der Waals surface area contributed by atoms with Crippen molar-refractivity contribution in [2.24, 2.45) is 5.92 Å². The second kappa shape index (κ2) is 13.3. The number of fused-ring (bicyclic) bond motifs is 1. The number of ether oxygens (including phenoxy) is 2. The van der Waals surface area contributed by atoms with Crippen LogP contribution in [0.4, 0.5) is 5.13 Å². The molecule has 9 nitrogen and oxygen atoms in total. The zero-order chi connectivity index (χ0) is 27.4. The molecule has 1 amide bonds. The van der Waals surface area contributed by atoms with E-state index in [1.54, 1.807) is 41.6 Å². The summed E-state index contributed by atoms with van der Waals surface area (Å²) in [7, 11) is 3.54. The predicted octanol–water partition coefficient (Wildman–Crippen LogP) is 4.75. The number of sulfonamides is 1. The summed E-state index contributed by atoms with van der Waals surface area (Å²) in [6, 6.07) is 9.93. The number of aromatic nitrogens is 1. The number of halogens is 1. The van der Waals surface area contributed by atoms with Gasteiger partial charge in [0.25, 0.3) is 5.91 Å². The van der Waals surface area contributed by atoms with Gasteiger partial charge in [0.1, 0.15) is 0 Å². The Labute approximate surface area is 241 Å². The zero-order valence-corrected chi connectivity index (χ0v) is 25.5. The van der Waals surface area contributed by atoms with Crippen LogP contribution in [-0.4, -0.2) is 83.0 Å². The normalized spacial score (nSPS) is 16.2. The van der Waals surface area contributed by atoms with Gasteiger partial charge in [0.05, 0.1) is 29.3 Å². The number of carbonyl (C=O) groups is 1. The molecule has 1 saturated heterocycles. The van der Waals surface area contributed by atoms with Gasteiger partial charge in [-0.25, -0.2) is 13.4 Å². The minimum Gasteiger partial charge on any atom is -0.493 e. The van der Waals surface area contributed by atoms with Gasteiger partial charge in [-0.3, -0.25) is 9.69 Å². The monoisotopic (exact) mass is 596 g/mol. The van der Waals surface area contributed by atoms with Crippen LogP contribution < -0.4 is 14.4 Å². The van der Waals surface area contributed by atoms with Crippen LogP contribution in [0.1, 0.15) is 36.5 Å². The molecule has 4 rings (SSSR count). The minimum atomic E-state index is -3.60. The molecule has 0 bridgehead atoms. The van der Waals surface area contributed by atoms with E-state index in [0.717, 1.165) is 30.5 Å². The van der Waals surface area contributed by atoms with Crippen molar-refractivity contribution < 1.29 is 22.7 Å². The standard InChI is InChI=1S/C27H36N4O5S2.ClH/c1-19-8-6-14-30(18-19)38(33,34)21-11-9-20(10-12-21)26(32)31(15-7-13-29(2)3)27-28-22-16-23(35-4)24(36-5)17-25(22)37-27;/h9-12,16-17,19H,6-8,13-15,18H2,1-5H3;1H. The zero-order valence-electron chi connectivity index (χ0n) is 23.0. The first-order valence-electron chi connectivity index (χ1n) is 12.7. The van der Waals surface area contributed by atoms with Crippen molar-refractivity contribution in [3.63, 3.8) is 0 Å². The maximum atomic E-state index is 13.7. The molecule has 3 aromatic rings. The Bertz CT molecular complexity index is 1340. The number of amides is 1. The van der Waals surface area contributed by atoms with Crippen LogP contribution >= 0.6 is 23.7 Å². The van der Waals surface area contributed by atoms with Gasteiger partial charge in [0.2, 0.25) is 10.0 Å². The average molecular weight is 597 g/mol. The summed E-state index contributed by atoms with van der Waals surface area (Å²) in [4.78, 5) is 22.4. The number of piperidine rings is 1. The van der Waals surface area contributed by atoms with Gasteiger partial charge in [-0.1, -0.05) is 18.3 Å². The summed E-state index contributed by atoms with van der Waals surface area (Å²) in [5, 5.41) is 0.568. The number of hydrogen-bond acceptors (Lipinski definition) is 8. The first-order valence-corrected chi connectivity index (χ1v) is 15.0. The Morgan fingerprint density at radius 2 is 1.77 bits per heavy atom. The Balaban J connectivity index is 0.00000420. The summed E-state index contributed by atoms with van der Waals surface area (Å²) in [6.07, 6.45) is 2.65. The molecule has 0 spiro atoms. The molecule has 0 N–H and O–H groups in total. The van der Waals surface area contributed by atoms with Crippen LogP contribution in [0.2, 0.25) is 0 Å². The molecule has 1 aliphatic rings. The number of thiazole rings is 1. The van der Waals surface area contributed by atoms with E-state index >= 15 is 0 Å². The Kier molecular flexibility index (Phi) is 10.6. The number of anilines is 1. The molecule has 1 aliphatic heterocycles. The highest BCUT2D eigenvalue weighted by molar-refractivity contribution is 7.89. The maximum Gasteiger partial charge on any atom is 0.260 e. The van der Waals surface area contributed by atoms with E-state index in [1.807, 2.05) is 20.2 Å². The lowest BCUT2D eigenvalue weighted by Crippen LogP contribution is -2.39. The molecule has 1 atom stereocenters. The van der Waals surface area contributed by atoms with Crippen LogP contribution in [0, 0.1) is 5.92 Å². The molecule has 1 unspecified atom stereocenters. The van der Waals surface area contributed by atoms with E-state index in [9.17, 15) is 13.2 Å². The van der Waals surface area contributed by atoms with Crippen molar-refractivity contribution in [1.82, 2.24) is 14.2 Å². The largest absolute Gasteiger partial charge is 0.493 e. The van der Waals surface area contributed by atoms with E-state index in [4.69, 9.17) is 14.5 Å². The predicted molar refractivity (Wildman–Crippen MR) is 158 cm³/mol. The maximum absolute atomic E-state index is 13.7. The second-order valence-electron chi connectivity index (χ2n) is 9.92. The van der Waals surface area contributed by atoms with Gasteiger partial charge < -0.3 is 14.4 Å². The van der Waals surface area contributed by atoms with E-state index in [-0.39, 0.29) is 23.2 Å². The second-order valence-corrected chi connectivity index (χ2v) is 12.9. The van der Waals surface area contributed by atoms with E-state index in [2.05, 4.69) is 11.8 Å². The van der Waals surface area contributed by atoms with Crippen LogP contribution in [0.5, 0.6) is 11.5 Å². The highest BCUT2D eigenvalue weighted by Gasteiger charge is 2.29. The molecule has 39 heavy (non-hydrogen) atoms. The van der Waals surface area contributed by atoms with Gasteiger partial charge >= 0.3 is 0 Å². The molecule has 0 saturated carbocycles. The molecule has 12 heteroatoms. The number of rotatable bonds is 10. The van der Waals surface area contributed by atoms with Crippen molar-refractivity contribution in [2.75, 3.05) is 59.4 Å². The molecule has 0 radical (unpaired) electrons. The van der Waals surface area contributed by atoms with Crippen molar-refractivity contribution in [2.45, 2.75) is 31.1 Å². The molecular formula is C27H37ClN4O5S2. The number of methoxy groups -OCH3 is 2. The molecule has 2 aromatic carbocycles. The van der Waals surface area contributed by atoms with E-state index in [1.165, 1.54) is 23.5 Å². The Morgan fingerprint density at radius 1 is 1.10 bits per heavy atom. The third-order valence-corrected chi connectivity index (χ3v) is 9.62. The summed E-state index contributed by atoms with van der Waals surface area (Å²) in [5.41, 5.74) is 1.13. The van der Waals surface area contributed by atoms with Crippen LogP contribution in [-0.2, 0) is 10.0 Å². The molecule has 0 aliphatic carbocycles. The van der Waals surface area contributed by atoms with Crippen LogP contribution in [0.25, 0.3) is 10.2 Å². The van der Waals surface area contributed by atoms with Gasteiger partial charge in [-0.15, -0.1) is 12.4 Å². The van der Waals surface area contributed by atoms with Gasteiger partial charge in [0, 0.05) is 37.3 Å². The third kappa shape index (κ3) is 7.01. The lowest BCUT2D eigenvalue weighted by molar-refractivity contribution is 0.0986. The number of hydrogen-bond donors (Lipinski definition) is 0. The summed E-state index contributed by atoms with van der Waals surface area (Å²) in [6.45, 7) is 4.40. The first-order chi connectivity index (χ1) is 18.1. The highest BCUT2D eigenvalue weighted by Crippen LogP contribution is 2.37. The SMILES string of the molecule is COc1cc2nc(N(CCCN(C)C)C(=O)c3ccc(S(=O)(=O)N4CCCC(C)C4)cc3)sc2cc1OC.Cl. The van der Waals surface area contributed by atoms with Crippen molar-refractivity contribution in [3.8, 4) is 11.5 Å². The van der Waals surface area contributed by atoms with E-state index < -0.39 is 10.0 Å². The lowest BCUT2D eigenvalue weighted by atomic mass is 10.0. The molecule has 2 heterocycles. The first kappa shape index (κ1) is 31.1. The fourth-order valence-electron chi connectivity index (χ4n) is 4.63. The number of benzene rings is 2. The highest BCUT2D eigenvalue weighted by atomic mass is 35.5. The average Bonchev–Trinajstić information content (AvgIpc) is 3.32. The molecule has 1 aromatic heterocycles. The number of carbonyl (C=O) groups excluding carboxylic acids is 1. The fourth-order valence-corrected chi connectivity index (χ4v) is 7.23. The quantitative estimate of drug-likeness (QED) is 0.333. The van der Waals surface area contributed by atoms with Gasteiger partial charge in [-0.05, 0) is 70.1 Å². The van der Waals surface area contributed by atoms with Crippen molar-refractivity contribution in [3.05, 3.63) is 42.0 Å². The van der Waals surface area contributed by atoms with E-state index in [0.29, 0.717) is 53.3 Å². The van der Waals surface area contributed by atoms with Gasteiger partial charge in [-0.2, -0.15) is 4.31 Å². The Morgan fingerprint density at radius 3 is 2.38 bits per heavy atom. The number of nitrogens with zero attached hydrogens (tertiary/aromatic N) is 4. The summed E-state index contributed by atoms with van der Waals surface area (Å²) < 4.78 is 39.6. The van der Waals surface area contributed by atoms with Crippen molar-refractivity contribution >= 4 is 55.0 Å². The Hall–Kier alpha value is -2.44. The minimum absolute atomic E-state index is 0. The van der Waals surface area contributed by atoms with Gasteiger partial charge in [0.15, 0.2) is 16.6 Å².